The highest BCUT2D eigenvalue weighted by Gasteiger charge is 2.53. The number of pyridine rings is 2. The number of nitrogens with one attached hydrogen (secondary N) is 2. The highest BCUT2D eigenvalue weighted by atomic mass is 35.5. The minimum absolute atomic E-state index is 0.162. The van der Waals surface area contributed by atoms with Crippen LogP contribution in [-0.2, 0) is 32.7 Å². The summed E-state index contributed by atoms with van der Waals surface area (Å²) in [5.74, 6) is -0.584. The minimum atomic E-state index is -1.13. The van der Waals surface area contributed by atoms with E-state index in [9.17, 15) is 19.5 Å². The summed E-state index contributed by atoms with van der Waals surface area (Å²) >= 11 is 6.22. The van der Waals surface area contributed by atoms with Gasteiger partial charge in [-0.2, -0.15) is 0 Å². The number of anilines is 1. The molecule has 1 fully saturated rings. The Hall–Kier alpha value is -2.95. The van der Waals surface area contributed by atoms with Crippen molar-refractivity contribution in [3.05, 3.63) is 57.1 Å². The number of carbonyl (C=O) groups excluding carboxylic acids is 1. The third-order valence-corrected chi connectivity index (χ3v) is 7.83. The molecule has 10 nitrogen and oxygen atoms in total. The van der Waals surface area contributed by atoms with Crippen LogP contribution in [0.5, 0.6) is 0 Å². The van der Waals surface area contributed by atoms with Crippen molar-refractivity contribution in [3.63, 3.8) is 0 Å². The zero-order valence-corrected chi connectivity index (χ0v) is 23.2. The molecule has 1 aliphatic carbocycles. The molecule has 0 bridgehead atoms. The van der Waals surface area contributed by atoms with E-state index >= 15 is 0 Å². The van der Waals surface area contributed by atoms with Crippen LogP contribution in [0.4, 0.5) is 5.82 Å². The van der Waals surface area contributed by atoms with Gasteiger partial charge < -0.3 is 25.4 Å². The summed E-state index contributed by atoms with van der Waals surface area (Å²) in [6.07, 6.45) is 6.08. The molecule has 2 aromatic rings. The Balaban J connectivity index is 1.29. The molecular formula is C28H38ClN5O5. The molecule has 1 saturated carbocycles. The minimum Gasteiger partial charge on any atom is -0.480 e. The Morgan fingerprint density at radius 1 is 1.23 bits per heavy atom. The first-order valence-electron chi connectivity index (χ1n) is 13.7. The number of aromatic nitrogens is 2. The van der Waals surface area contributed by atoms with Crippen LogP contribution >= 0.6 is 11.6 Å². The fraction of sp³-hybridized carbons (Fsp3) is 0.571. The van der Waals surface area contributed by atoms with E-state index in [0.29, 0.717) is 32.5 Å². The smallest absolute Gasteiger partial charge is 0.326 e. The van der Waals surface area contributed by atoms with Gasteiger partial charge in [-0.1, -0.05) is 23.7 Å². The van der Waals surface area contributed by atoms with Crippen LogP contribution in [-0.4, -0.2) is 77.4 Å². The fourth-order valence-electron chi connectivity index (χ4n) is 5.12. The maximum atomic E-state index is 13.2. The van der Waals surface area contributed by atoms with E-state index in [0.717, 1.165) is 56.7 Å². The number of aliphatic carboxylic acids is 1. The summed E-state index contributed by atoms with van der Waals surface area (Å²) in [4.78, 5) is 44.5. The number of carbonyl (C=O) groups is 2. The Morgan fingerprint density at radius 2 is 2.05 bits per heavy atom. The van der Waals surface area contributed by atoms with E-state index in [1.54, 1.807) is 13.2 Å². The van der Waals surface area contributed by atoms with Gasteiger partial charge in [-0.15, -0.1) is 0 Å². The van der Waals surface area contributed by atoms with Crippen molar-refractivity contribution in [1.29, 1.82) is 0 Å². The summed E-state index contributed by atoms with van der Waals surface area (Å²) in [6, 6.07) is 7.63. The molecule has 1 amide bonds. The Morgan fingerprint density at radius 3 is 2.77 bits per heavy atom. The van der Waals surface area contributed by atoms with Gasteiger partial charge in [0.15, 0.2) is 0 Å². The number of hydrogen-bond acceptors (Lipinski definition) is 7. The van der Waals surface area contributed by atoms with Crippen LogP contribution in [0.25, 0.3) is 0 Å². The van der Waals surface area contributed by atoms with Crippen LogP contribution in [0.15, 0.2) is 35.1 Å². The molecule has 1 atom stereocenters. The van der Waals surface area contributed by atoms with Crippen molar-refractivity contribution >= 4 is 29.3 Å². The van der Waals surface area contributed by atoms with E-state index < -0.39 is 23.5 Å². The van der Waals surface area contributed by atoms with Crippen molar-refractivity contribution < 1.29 is 19.4 Å². The predicted molar refractivity (Wildman–Crippen MR) is 149 cm³/mol. The monoisotopic (exact) mass is 559 g/mol. The number of ether oxygens (including phenoxy) is 1. The van der Waals surface area contributed by atoms with Crippen LogP contribution in [0.1, 0.15) is 49.8 Å². The number of halogens is 1. The molecule has 0 saturated heterocycles. The average molecular weight is 560 g/mol. The summed E-state index contributed by atoms with van der Waals surface area (Å²) in [6.45, 7) is 3.43. The van der Waals surface area contributed by atoms with Gasteiger partial charge in [-0.05, 0) is 75.6 Å². The number of carboxylic acids is 1. The van der Waals surface area contributed by atoms with Gasteiger partial charge >= 0.3 is 5.97 Å². The van der Waals surface area contributed by atoms with Gasteiger partial charge in [0.05, 0.1) is 6.61 Å². The molecule has 4 rings (SSSR count). The van der Waals surface area contributed by atoms with Crippen LogP contribution < -0.4 is 16.2 Å². The lowest BCUT2D eigenvalue weighted by atomic mass is 10.1. The van der Waals surface area contributed by atoms with Gasteiger partial charge in [0, 0.05) is 38.5 Å². The van der Waals surface area contributed by atoms with Crippen molar-refractivity contribution in [1.82, 2.24) is 19.8 Å². The number of unbranched alkanes of at least 4 members (excludes halogenated alkanes) is 1. The fourth-order valence-corrected chi connectivity index (χ4v) is 5.44. The number of nitrogens with zero attached hydrogens (tertiary/aromatic N) is 3. The third kappa shape index (κ3) is 7.38. The number of rotatable bonds is 15. The molecule has 0 radical (unpaired) electrons. The lowest BCUT2D eigenvalue weighted by molar-refractivity contribution is -0.143. The van der Waals surface area contributed by atoms with E-state index in [2.05, 4.69) is 27.7 Å². The Kier molecular flexibility index (Phi) is 9.99. The topological polar surface area (TPSA) is 126 Å². The van der Waals surface area contributed by atoms with E-state index in [4.69, 9.17) is 21.3 Å². The number of methoxy groups -OCH3 is 1. The molecule has 0 spiro atoms. The van der Waals surface area contributed by atoms with Crippen LogP contribution in [0.2, 0.25) is 5.15 Å². The maximum Gasteiger partial charge on any atom is 0.326 e. The molecule has 3 N–H and O–H groups in total. The van der Waals surface area contributed by atoms with Crippen molar-refractivity contribution in [2.45, 2.75) is 62.9 Å². The standard InChI is InChI=1S/C28H38ClN5O5/c1-39-19-18-33(16-3-2-7-21-11-10-20-6-5-15-30-25(20)31-21)17-12-22(26(36)37)32-27(38)28(13-14-28)34-23(29)8-4-9-24(34)35/h4,8-11,22H,2-3,5-7,12-19H2,1H3,(H,30,31)(H,32,38)(H,36,37). The summed E-state index contributed by atoms with van der Waals surface area (Å²) < 4.78 is 6.52. The lowest BCUT2D eigenvalue weighted by Crippen LogP contribution is -2.50. The summed E-state index contributed by atoms with van der Waals surface area (Å²) in [5, 5.41) is 16.0. The second-order valence-electron chi connectivity index (χ2n) is 10.3. The molecule has 3 heterocycles. The van der Waals surface area contributed by atoms with Gasteiger partial charge in [-0.25, -0.2) is 9.78 Å². The van der Waals surface area contributed by atoms with Crippen LogP contribution in [0, 0.1) is 0 Å². The van der Waals surface area contributed by atoms with E-state index in [1.165, 1.54) is 22.3 Å². The number of hydrogen-bond donors (Lipinski definition) is 3. The molecule has 11 heteroatoms. The predicted octanol–water partition coefficient (Wildman–Crippen LogP) is 2.67. The normalized spacial score (nSPS) is 16.3. The average Bonchev–Trinajstić information content (AvgIpc) is 3.72. The molecule has 2 aliphatic rings. The Labute approximate surface area is 233 Å². The molecule has 1 aliphatic heterocycles. The molecular weight excluding hydrogens is 522 g/mol. The maximum absolute atomic E-state index is 13.2. The van der Waals surface area contributed by atoms with Gasteiger partial charge in [-0.3, -0.25) is 14.2 Å². The second kappa shape index (κ2) is 13.4. The molecule has 212 valence electrons. The first kappa shape index (κ1) is 29.0. The first-order chi connectivity index (χ1) is 18.8. The van der Waals surface area contributed by atoms with Gasteiger partial charge in [0.2, 0.25) is 5.91 Å². The van der Waals surface area contributed by atoms with Gasteiger partial charge in [0.25, 0.3) is 5.56 Å². The quantitative estimate of drug-likeness (QED) is 0.225. The number of carboxylic acid groups (broad SMARTS) is 1. The zero-order valence-electron chi connectivity index (χ0n) is 22.5. The molecule has 39 heavy (non-hydrogen) atoms. The third-order valence-electron chi connectivity index (χ3n) is 7.54. The molecule has 1 unspecified atom stereocenters. The van der Waals surface area contributed by atoms with Crippen molar-refractivity contribution in [3.8, 4) is 0 Å². The second-order valence-corrected chi connectivity index (χ2v) is 10.7. The van der Waals surface area contributed by atoms with Gasteiger partial charge in [0.1, 0.15) is 22.6 Å². The van der Waals surface area contributed by atoms with Crippen molar-refractivity contribution in [2.24, 2.45) is 0 Å². The SMILES string of the molecule is COCCN(CCCCc1ccc2c(n1)NCCC2)CCC(NC(=O)C1(n2c(Cl)cccc2=O)CC1)C(=O)O. The summed E-state index contributed by atoms with van der Waals surface area (Å²) in [7, 11) is 1.64. The number of aryl methyl sites for hydroxylation is 2. The van der Waals surface area contributed by atoms with E-state index in [-0.39, 0.29) is 17.1 Å². The lowest BCUT2D eigenvalue weighted by Gasteiger charge is -2.26. The summed E-state index contributed by atoms with van der Waals surface area (Å²) in [5.41, 5.74) is 0.850. The molecule has 0 aromatic carbocycles. The number of fused-ring (bicyclic) bond motifs is 1. The molecule has 2 aromatic heterocycles. The highest BCUT2D eigenvalue weighted by molar-refractivity contribution is 6.29. The highest BCUT2D eigenvalue weighted by Crippen LogP contribution is 2.44. The zero-order chi connectivity index (χ0) is 27.8. The largest absolute Gasteiger partial charge is 0.480 e. The Bertz CT molecular complexity index is 1220. The number of amides is 1. The van der Waals surface area contributed by atoms with Crippen LogP contribution in [0.3, 0.4) is 0 Å². The van der Waals surface area contributed by atoms with E-state index in [1.807, 2.05) is 0 Å². The van der Waals surface area contributed by atoms with Crippen molar-refractivity contribution in [2.75, 3.05) is 45.2 Å². The first-order valence-corrected chi connectivity index (χ1v) is 14.1.